The number of carbonyl (C=O) groups excluding carboxylic acids is 1. The van der Waals surface area contributed by atoms with Crippen LogP contribution in [0.2, 0.25) is 19.6 Å². The fourth-order valence-corrected chi connectivity index (χ4v) is 1.27. The summed E-state index contributed by atoms with van der Waals surface area (Å²) in [6.07, 6.45) is 0.381. The summed E-state index contributed by atoms with van der Waals surface area (Å²) in [6.45, 7) is 6.50. The van der Waals surface area contributed by atoms with Gasteiger partial charge in [0.25, 0.3) is 0 Å². The van der Waals surface area contributed by atoms with Gasteiger partial charge in [-0.3, -0.25) is 4.79 Å². The fourth-order valence-electron chi connectivity index (χ4n) is 0.678. The molecular weight excluding hydrogens is 156 g/mol. The molecule has 1 atom stereocenters. The van der Waals surface area contributed by atoms with Crippen LogP contribution >= 0.6 is 0 Å². The van der Waals surface area contributed by atoms with Gasteiger partial charge in [-0.05, 0) is 0 Å². The van der Waals surface area contributed by atoms with Crippen molar-refractivity contribution in [3.8, 4) is 11.5 Å². The van der Waals surface area contributed by atoms with E-state index in [2.05, 4.69) is 31.1 Å². The third kappa shape index (κ3) is 2.77. The normalized spacial score (nSPS) is 22.8. The number of esters is 1. The maximum absolute atomic E-state index is 10.4. The van der Waals surface area contributed by atoms with Gasteiger partial charge in [0, 0.05) is 0 Å². The van der Waals surface area contributed by atoms with Gasteiger partial charge in [0.2, 0.25) is 0 Å². The molecule has 1 rings (SSSR count). The summed E-state index contributed by atoms with van der Waals surface area (Å²) >= 11 is 0. The van der Waals surface area contributed by atoms with Crippen LogP contribution in [0.5, 0.6) is 0 Å². The second kappa shape index (κ2) is 2.71. The number of hydrogen-bond donors (Lipinski definition) is 0. The highest BCUT2D eigenvalue weighted by Crippen LogP contribution is 2.11. The van der Waals surface area contributed by atoms with E-state index in [-0.39, 0.29) is 12.1 Å². The highest BCUT2D eigenvalue weighted by Gasteiger charge is 2.26. The molecule has 1 fully saturated rings. The second-order valence-electron chi connectivity index (χ2n) is 3.70. The second-order valence-corrected chi connectivity index (χ2v) is 8.45. The first-order chi connectivity index (χ1) is 4.97. The molecule has 0 aliphatic carbocycles. The van der Waals surface area contributed by atoms with Crippen LogP contribution in [-0.2, 0) is 9.53 Å². The highest BCUT2D eigenvalue weighted by atomic mass is 28.3. The fraction of sp³-hybridized carbons (Fsp3) is 0.625. The van der Waals surface area contributed by atoms with Crippen LogP contribution in [0.4, 0.5) is 0 Å². The van der Waals surface area contributed by atoms with Crippen molar-refractivity contribution in [2.45, 2.75) is 32.2 Å². The third-order valence-corrected chi connectivity index (χ3v) is 2.13. The molecule has 60 valence electrons. The lowest BCUT2D eigenvalue weighted by Gasteiger charge is -2.20. The van der Waals surface area contributed by atoms with Crippen molar-refractivity contribution >= 4 is 14.0 Å². The minimum Gasteiger partial charge on any atom is -0.448 e. The highest BCUT2D eigenvalue weighted by molar-refractivity contribution is 6.83. The molecule has 0 saturated carbocycles. The molecule has 0 amide bonds. The summed E-state index contributed by atoms with van der Waals surface area (Å²) in [5.74, 6) is 2.83. The van der Waals surface area contributed by atoms with Gasteiger partial charge in [0.15, 0.2) is 6.10 Å². The van der Waals surface area contributed by atoms with E-state index in [9.17, 15) is 4.79 Å². The molecule has 1 heterocycles. The summed E-state index contributed by atoms with van der Waals surface area (Å²) in [6, 6.07) is 0. The molecule has 0 unspecified atom stereocenters. The van der Waals surface area contributed by atoms with Crippen molar-refractivity contribution < 1.29 is 9.53 Å². The Morgan fingerprint density at radius 3 is 2.45 bits per heavy atom. The van der Waals surface area contributed by atoms with Crippen LogP contribution in [0.3, 0.4) is 0 Å². The maximum Gasteiger partial charge on any atom is 0.311 e. The molecular formula is C8H12O2Si. The monoisotopic (exact) mass is 168 g/mol. The van der Waals surface area contributed by atoms with E-state index in [0.717, 1.165) is 0 Å². The molecule has 1 aliphatic rings. The van der Waals surface area contributed by atoms with Crippen molar-refractivity contribution in [1.82, 2.24) is 0 Å². The molecule has 0 N–H and O–H groups in total. The van der Waals surface area contributed by atoms with Crippen LogP contribution in [0, 0.1) is 11.5 Å². The Kier molecular flexibility index (Phi) is 2.05. The molecule has 1 aliphatic heterocycles. The zero-order chi connectivity index (χ0) is 8.48. The number of ether oxygens (including phenoxy) is 1. The Balaban J connectivity index is 2.40. The first-order valence-corrected chi connectivity index (χ1v) is 7.19. The van der Waals surface area contributed by atoms with Crippen molar-refractivity contribution in [1.29, 1.82) is 0 Å². The van der Waals surface area contributed by atoms with Crippen molar-refractivity contribution in [2.75, 3.05) is 0 Å². The first kappa shape index (κ1) is 8.34. The summed E-state index contributed by atoms with van der Waals surface area (Å²) in [7, 11) is -1.28. The molecule has 0 aromatic rings. The van der Waals surface area contributed by atoms with Crippen LogP contribution in [-0.4, -0.2) is 20.1 Å². The predicted octanol–water partition coefficient (Wildman–Crippen LogP) is 1.18. The van der Waals surface area contributed by atoms with E-state index in [4.69, 9.17) is 4.74 Å². The quantitative estimate of drug-likeness (QED) is 0.308. The molecule has 3 heteroatoms. The number of rotatable bonds is 0. The molecule has 0 aromatic carbocycles. The zero-order valence-electron chi connectivity index (χ0n) is 7.10. The molecule has 0 bridgehead atoms. The predicted molar refractivity (Wildman–Crippen MR) is 45.6 cm³/mol. The Morgan fingerprint density at radius 2 is 2.09 bits per heavy atom. The Hall–Kier alpha value is -0.753. The van der Waals surface area contributed by atoms with E-state index < -0.39 is 8.07 Å². The summed E-state index contributed by atoms with van der Waals surface area (Å²) in [5.41, 5.74) is 3.16. The molecule has 0 radical (unpaired) electrons. The molecule has 0 aromatic heterocycles. The third-order valence-electron chi connectivity index (χ3n) is 1.23. The lowest BCUT2D eigenvalue weighted by atomic mass is 10.2. The van der Waals surface area contributed by atoms with E-state index >= 15 is 0 Å². The minimum absolute atomic E-state index is 0.103. The van der Waals surface area contributed by atoms with Gasteiger partial charge in [-0.2, -0.15) is 0 Å². The number of hydrogen-bond acceptors (Lipinski definition) is 2. The van der Waals surface area contributed by atoms with Crippen LogP contribution in [0.15, 0.2) is 0 Å². The average Bonchev–Trinajstić information content (AvgIpc) is 1.75. The average molecular weight is 168 g/mol. The van der Waals surface area contributed by atoms with Gasteiger partial charge in [0.1, 0.15) is 8.07 Å². The Morgan fingerprint density at radius 1 is 1.55 bits per heavy atom. The smallest absolute Gasteiger partial charge is 0.311 e. The van der Waals surface area contributed by atoms with Crippen molar-refractivity contribution in [3.63, 3.8) is 0 Å². The lowest BCUT2D eigenvalue weighted by molar-refractivity contribution is -0.163. The van der Waals surface area contributed by atoms with Gasteiger partial charge in [-0.1, -0.05) is 25.6 Å². The summed E-state index contributed by atoms with van der Waals surface area (Å²) in [5, 5.41) is 0. The molecule has 0 spiro atoms. The molecule has 1 saturated heterocycles. The number of carbonyl (C=O) groups is 1. The minimum atomic E-state index is -1.28. The van der Waals surface area contributed by atoms with E-state index in [1.807, 2.05) is 0 Å². The Bertz CT molecular complexity index is 221. The van der Waals surface area contributed by atoms with Crippen LogP contribution in [0.1, 0.15) is 6.42 Å². The van der Waals surface area contributed by atoms with Crippen molar-refractivity contribution in [2.24, 2.45) is 0 Å². The maximum atomic E-state index is 10.4. The lowest BCUT2D eigenvalue weighted by Crippen LogP contribution is -2.32. The SMILES string of the molecule is C[Si](C)(C)C#C[C@H]1CC(=O)O1. The van der Waals surface area contributed by atoms with E-state index in [0.29, 0.717) is 6.42 Å². The van der Waals surface area contributed by atoms with E-state index in [1.54, 1.807) is 0 Å². The van der Waals surface area contributed by atoms with Crippen molar-refractivity contribution in [3.05, 3.63) is 0 Å². The van der Waals surface area contributed by atoms with Gasteiger partial charge in [-0.15, -0.1) is 5.54 Å². The van der Waals surface area contributed by atoms with Gasteiger partial charge >= 0.3 is 5.97 Å². The summed E-state index contributed by atoms with van der Waals surface area (Å²) in [4.78, 5) is 10.4. The van der Waals surface area contributed by atoms with Gasteiger partial charge < -0.3 is 4.74 Å². The largest absolute Gasteiger partial charge is 0.448 e. The molecule has 11 heavy (non-hydrogen) atoms. The van der Waals surface area contributed by atoms with Gasteiger partial charge in [0.05, 0.1) is 6.42 Å². The Labute approximate surface area is 67.9 Å². The van der Waals surface area contributed by atoms with Crippen LogP contribution < -0.4 is 0 Å². The topological polar surface area (TPSA) is 26.3 Å². The first-order valence-electron chi connectivity index (χ1n) is 3.69. The number of cyclic esters (lactones) is 1. The van der Waals surface area contributed by atoms with Gasteiger partial charge in [-0.25, -0.2) is 0 Å². The van der Waals surface area contributed by atoms with Crippen LogP contribution in [0.25, 0.3) is 0 Å². The molecule has 2 nitrogen and oxygen atoms in total. The van der Waals surface area contributed by atoms with E-state index in [1.165, 1.54) is 0 Å². The standard InChI is InChI=1S/C8H12O2Si/c1-11(2,3)5-4-7-6-8(9)10-7/h7H,6H2,1-3H3/t7-/m0/s1. The summed E-state index contributed by atoms with van der Waals surface area (Å²) < 4.78 is 4.74. The zero-order valence-corrected chi connectivity index (χ0v) is 8.10.